The molecule has 0 N–H and O–H groups in total. The molecule has 22 heavy (non-hydrogen) atoms. The average molecular weight is 299 g/mol. The lowest BCUT2D eigenvalue weighted by atomic mass is 10.1. The van der Waals surface area contributed by atoms with Crippen LogP contribution in [0.4, 0.5) is 0 Å². The predicted octanol–water partition coefficient (Wildman–Crippen LogP) is 3.77. The summed E-state index contributed by atoms with van der Waals surface area (Å²) in [5, 5.41) is 0. The van der Waals surface area contributed by atoms with Gasteiger partial charge in [-0.05, 0) is 38.3 Å². The van der Waals surface area contributed by atoms with E-state index in [0.29, 0.717) is 0 Å². The fourth-order valence-corrected chi connectivity index (χ4v) is 3.44. The molecule has 1 amide bonds. The standard InChI is InChI=1S/C18H25N3O/c1-4-13(3)18(22)21-12-8-11-16(21)17-19-14-9-6-7-10-15(14)20(17)5-2/h6-7,9-10,13,16H,4-5,8,11-12H2,1-3H3/t13-,16-/m0/s1. The molecule has 4 heteroatoms. The quantitative estimate of drug-likeness (QED) is 0.862. The summed E-state index contributed by atoms with van der Waals surface area (Å²) in [6.07, 6.45) is 2.98. The molecule has 1 aliphatic rings. The van der Waals surface area contributed by atoms with Crippen LogP contribution in [-0.2, 0) is 11.3 Å². The van der Waals surface area contributed by atoms with Gasteiger partial charge in [-0.15, -0.1) is 0 Å². The number of rotatable bonds is 4. The van der Waals surface area contributed by atoms with E-state index >= 15 is 0 Å². The molecule has 1 aromatic heterocycles. The number of imidazole rings is 1. The Morgan fingerprint density at radius 1 is 1.36 bits per heavy atom. The smallest absolute Gasteiger partial charge is 0.226 e. The Kier molecular flexibility index (Phi) is 4.19. The van der Waals surface area contributed by atoms with Crippen LogP contribution in [0.15, 0.2) is 24.3 Å². The molecule has 0 saturated carbocycles. The number of benzene rings is 1. The van der Waals surface area contributed by atoms with Crippen LogP contribution in [0.5, 0.6) is 0 Å². The molecular formula is C18H25N3O. The van der Waals surface area contributed by atoms with Crippen LogP contribution in [0.2, 0.25) is 0 Å². The van der Waals surface area contributed by atoms with E-state index in [-0.39, 0.29) is 17.9 Å². The number of nitrogens with zero attached hydrogens (tertiary/aromatic N) is 3. The van der Waals surface area contributed by atoms with Crippen molar-refractivity contribution in [1.29, 1.82) is 0 Å². The van der Waals surface area contributed by atoms with E-state index in [1.54, 1.807) is 0 Å². The van der Waals surface area contributed by atoms with E-state index in [1.165, 1.54) is 5.52 Å². The number of likely N-dealkylation sites (tertiary alicyclic amines) is 1. The van der Waals surface area contributed by atoms with Crippen LogP contribution >= 0.6 is 0 Å². The highest BCUT2D eigenvalue weighted by Crippen LogP contribution is 2.34. The summed E-state index contributed by atoms with van der Waals surface area (Å²) in [7, 11) is 0. The lowest BCUT2D eigenvalue weighted by Crippen LogP contribution is -2.35. The summed E-state index contributed by atoms with van der Waals surface area (Å²) in [6.45, 7) is 8.00. The molecule has 0 unspecified atom stereocenters. The van der Waals surface area contributed by atoms with Crippen molar-refractivity contribution in [3.63, 3.8) is 0 Å². The second-order valence-electron chi connectivity index (χ2n) is 6.20. The molecule has 0 radical (unpaired) electrons. The SMILES string of the molecule is CC[C@H](C)C(=O)N1CCC[C@H]1c1nc2ccccc2n1CC. The summed E-state index contributed by atoms with van der Waals surface area (Å²) in [5.74, 6) is 1.43. The van der Waals surface area contributed by atoms with Gasteiger partial charge in [0.2, 0.25) is 5.91 Å². The Labute approximate surface area is 132 Å². The zero-order valence-corrected chi connectivity index (χ0v) is 13.7. The largest absolute Gasteiger partial charge is 0.332 e. The van der Waals surface area contributed by atoms with Crippen molar-refractivity contribution < 1.29 is 4.79 Å². The maximum Gasteiger partial charge on any atom is 0.226 e. The second kappa shape index (κ2) is 6.11. The maximum absolute atomic E-state index is 12.7. The highest BCUT2D eigenvalue weighted by Gasteiger charge is 2.34. The van der Waals surface area contributed by atoms with Crippen molar-refractivity contribution in [2.75, 3.05) is 6.54 Å². The molecule has 3 rings (SSSR count). The number of aryl methyl sites for hydroxylation is 1. The molecular weight excluding hydrogens is 274 g/mol. The van der Waals surface area contributed by atoms with Crippen LogP contribution in [0, 0.1) is 5.92 Å². The highest BCUT2D eigenvalue weighted by molar-refractivity contribution is 5.80. The molecule has 1 saturated heterocycles. The van der Waals surface area contributed by atoms with Gasteiger partial charge in [-0.2, -0.15) is 0 Å². The summed E-state index contributed by atoms with van der Waals surface area (Å²) < 4.78 is 2.27. The molecule has 2 heterocycles. The first-order valence-corrected chi connectivity index (χ1v) is 8.43. The number of carbonyl (C=O) groups excluding carboxylic acids is 1. The minimum absolute atomic E-state index is 0.0973. The molecule has 1 aliphatic heterocycles. The Balaban J connectivity index is 2.00. The van der Waals surface area contributed by atoms with Crippen molar-refractivity contribution in [1.82, 2.24) is 14.5 Å². The van der Waals surface area contributed by atoms with Gasteiger partial charge in [-0.3, -0.25) is 4.79 Å². The van der Waals surface area contributed by atoms with Gasteiger partial charge in [0.25, 0.3) is 0 Å². The number of carbonyl (C=O) groups is 1. The Morgan fingerprint density at radius 3 is 2.86 bits per heavy atom. The zero-order chi connectivity index (χ0) is 15.7. The van der Waals surface area contributed by atoms with Gasteiger partial charge < -0.3 is 9.47 Å². The Morgan fingerprint density at radius 2 is 2.14 bits per heavy atom. The van der Waals surface area contributed by atoms with Crippen molar-refractivity contribution in [2.45, 2.75) is 52.6 Å². The molecule has 2 aromatic rings. The molecule has 118 valence electrons. The van der Waals surface area contributed by atoms with E-state index in [4.69, 9.17) is 4.98 Å². The first-order chi connectivity index (χ1) is 10.7. The van der Waals surface area contributed by atoms with E-state index < -0.39 is 0 Å². The number of aromatic nitrogens is 2. The summed E-state index contributed by atoms with van der Waals surface area (Å²) in [5.41, 5.74) is 2.20. The van der Waals surface area contributed by atoms with Crippen molar-refractivity contribution >= 4 is 16.9 Å². The van der Waals surface area contributed by atoms with Crippen molar-refractivity contribution in [2.24, 2.45) is 5.92 Å². The summed E-state index contributed by atoms with van der Waals surface area (Å²) in [6, 6.07) is 8.38. The number of amides is 1. The molecule has 0 bridgehead atoms. The number of para-hydroxylation sites is 2. The van der Waals surface area contributed by atoms with Crippen LogP contribution in [0.1, 0.15) is 51.9 Å². The van der Waals surface area contributed by atoms with E-state index in [2.05, 4.69) is 41.5 Å². The number of hydrogen-bond acceptors (Lipinski definition) is 2. The van der Waals surface area contributed by atoms with E-state index in [0.717, 1.165) is 43.7 Å². The van der Waals surface area contributed by atoms with Gasteiger partial charge in [-0.1, -0.05) is 26.0 Å². The normalized spacial score (nSPS) is 19.8. The van der Waals surface area contributed by atoms with Crippen LogP contribution < -0.4 is 0 Å². The highest BCUT2D eigenvalue weighted by atomic mass is 16.2. The van der Waals surface area contributed by atoms with Crippen LogP contribution in [0.3, 0.4) is 0 Å². The van der Waals surface area contributed by atoms with Crippen LogP contribution in [-0.4, -0.2) is 26.9 Å². The summed E-state index contributed by atoms with van der Waals surface area (Å²) >= 11 is 0. The first-order valence-electron chi connectivity index (χ1n) is 8.43. The topological polar surface area (TPSA) is 38.1 Å². The summed E-state index contributed by atoms with van der Waals surface area (Å²) in [4.78, 5) is 19.6. The molecule has 2 atom stereocenters. The minimum Gasteiger partial charge on any atom is -0.332 e. The van der Waals surface area contributed by atoms with Gasteiger partial charge in [0.1, 0.15) is 5.82 Å². The minimum atomic E-state index is 0.0973. The van der Waals surface area contributed by atoms with Gasteiger partial charge in [-0.25, -0.2) is 4.98 Å². The van der Waals surface area contributed by atoms with E-state index in [9.17, 15) is 4.79 Å². The first kappa shape index (κ1) is 15.1. The number of fused-ring (bicyclic) bond motifs is 1. The van der Waals surface area contributed by atoms with Crippen molar-refractivity contribution in [3.8, 4) is 0 Å². The maximum atomic E-state index is 12.7. The lowest BCUT2D eigenvalue weighted by Gasteiger charge is -2.27. The third-order valence-electron chi connectivity index (χ3n) is 4.87. The number of hydrogen-bond donors (Lipinski definition) is 0. The third kappa shape index (κ3) is 2.40. The van der Waals surface area contributed by atoms with Gasteiger partial charge in [0.05, 0.1) is 17.1 Å². The third-order valence-corrected chi connectivity index (χ3v) is 4.87. The average Bonchev–Trinajstić information content (AvgIpc) is 3.16. The van der Waals surface area contributed by atoms with Crippen molar-refractivity contribution in [3.05, 3.63) is 30.1 Å². The molecule has 1 aromatic carbocycles. The van der Waals surface area contributed by atoms with Gasteiger partial charge in [0, 0.05) is 19.0 Å². The Bertz CT molecular complexity index is 676. The molecule has 4 nitrogen and oxygen atoms in total. The zero-order valence-electron chi connectivity index (χ0n) is 13.7. The fraction of sp³-hybridized carbons (Fsp3) is 0.556. The second-order valence-corrected chi connectivity index (χ2v) is 6.20. The van der Waals surface area contributed by atoms with E-state index in [1.807, 2.05) is 13.0 Å². The van der Waals surface area contributed by atoms with Gasteiger partial charge in [0.15, 0.2) is 0 Å². The molecule has 1 fully saturated rings. The molecule has 0 spiro atoms. The monoisotopic (exact) mass is 299 g/mol. The predicted molar refractivity (Wildman–Crippen MR) is 88.6 cm³/mol. The lowest BCUT2D eigenvalue weighted by molar-refractivity contribution is -0.136. The molecule has 0 aliphatic carbocycles. The van der Waals surface area contributed by atoms with Crippen LogP contribution in [0.25, 0.3) is 11.0 Å². The van der Waals surface area contributed by atoms with Gasteiger partial charge >= 0.3 is 0 Å². The Hall–Kier alpha value is -1.84. The fourth-order valence-electron chi connectivity index (χ4n) is 3.44.